The SMILES string of the molecule is CCC(=O)C(=O)N1CC(=O)N(c2ccc(C)cc2)C[C@@H]1Cc1ccccc1. The summed E-state index contributed by atoms with van der Waals surface area (Å²) in [6.45, 7) is 3.96. The summed E-state index contributed by atoms with van der Waals surface area (Å²) in [6, 6.07) is 17.4. The van der Waals surface area contributed by atoms with E-state index in [0.717, 1.165) is 16.8 Å². The topological polar surface area (TPSA) is 57.7 Å². The number of ketones is 1. The lowest BCUT2D eigenvalue weighted by atomic mass is 10.0. The predicted octanol–water partition coefficient (Wildman–Crippen LogP) is 2.76. The van der Waals surface area contributed by atoms with Crippen molar-refractivity contribution in [3.63, 3.8) is 0 Å². The molecule has 5 heteroatoms. The molecule has 1 fully saturated rings. The highest BCUT2D eigenvalue weighted by Crippen LogP contribution is 2.23. The Morgan fingerprint density at radius 1 is 1.04 bits per heavy atom. The molecule has 2 amide bonds. The number of piperazine rings is 1. The van der Waals surface area contributed by atoms with Gasteiger partial charge in [0, 0.05) is 18.7 Å². The van der Waals surface area contributed by atoms with E-state index >= 15 is 0 Å². The monoisotopic (exact) mass is 364 g/mol. The van der Waals surface area contributed by atoms with Crippen LogP contribution in [0.5, 0.6) is 0 Å². The summed E-state index contributed by atoms with van der Waals surface area (Å²) in [6.07, 6.45) is 0.739. The van der Waals surface area contributed by atoms with E-state index in [1.165, 1.54) is 4.90 Å². The van der Waals surface area contributed by atoms with Crippen LogP contribution in [0.3, 0.4) is 0 Å². The molecule has 5 nitrogen and oxygen atoms in total. The van der Waals surface area contributed by atoms with Gasteiger partial charge in [0.1, 0.15) is 6.54 Å². The highest BCUT2D eigenvalue weighted by molar-refractivity contribution is 6.36. The molecule has 1 atom stereocenters. The summed E-state index contributed by atoms with van der Waals surface area (Å²) in [5, 5.41) is 0. The number of aryl methyl sites for hydroxylation is 1. The number of benzene rings is 2. The number of amides is 2. The lowest BCUT2D eigenvalue weighted by Gasteiger charge is -2.41. The minimum atomic E-state index is -0.560. The molecule has 140 valence electrons. The quantitative estimate of drug-likeness (QED) is 0.767. The van der Waals surface area contributed by atoms with Gasteiger partial charge in [-0.25, -0.2) is 0 Å². The summed E-state index contributed by atoms with van der Waals surface area (Å²) >= 11 is 0. The van der Waals surface area contributed by atoms with Crippen LogP contribution in [0.1, 0.15) is 24.5 Å². The molecule has 0 saturated carbocycles. The van der Waals surface area contributed by atoms with Gasteiger partial charge in [-0.3, -0.25) is 14.4 Å². The van der Waals surface area contributed by atoms with Crippen LogP contribution in [0.25, 0.3) is 0 Å². The maximum Gasteiger partial charge on any atom is 0.290 e. The Labute approximate surface area is 159 Å². The molecular formula is C22H24N2O3. The molecule has 1 saturated heterocycles. The number of anilines is 1. The highest BCUT2D eigenvalue weighted by Gasteiger charge is 2.37. The van der Waals surface area contributed by atoms with E-state index in [4.69, 9.17) is 0 Å². The van der Waals surface area contributed by atoms with Crippen LogP contribution in [0, 0.1) is 6.92 Å². The molecule has 0 spiro atoms. The Kier molecular flexibility index (Phi) is 5.69. The van der Waals surface area contributed by atoms with Crippen molar-refractivity contribution in [3.8, 4) is 0 Å². The fourth-order valence-electron chi connectivity index (χ4n) is 3.36. The van der Waals surface area contributed by atoms with Gasteiger partial charge in [-0.05, 0) is 31.0 Å². The van der Waals surface area contributed by atoms with Crippen molar-refractivity contribution in [2.75, 3.05) is 18.0 Å². The van der Waals surface area contributed by atoms with Crippen LogP contribution in [-0.2, 0) is 20.8 Å². The highest BCUT2D eigenvalue weighted by atomic mass is 16.2. The largest absolute Gasteiger partial charge is 0.322 e. The third-order valence-electron chi connectivity index (χ3n) is 4.92. The molecular weight excluding hydrogens is 340 g/mol. The molecule has 0 bridgehead atoms. The number of hydrogen-bond donors (Lipinski definition) is 0. The maximum atomic E-state index is 12.7. The van der Waals surface area contributed by atoms with Gasteiger partial charge in [0.2, 0.25) is 11.7 Å². The zero-order valence-electron chi connectivity index (χ0n) is 15.7. The fraction of sp³-hybridized carbons (Fsp3) is 0.318. The minimum absolute atomic E-state index is 0.0735. The first-order chi connectivity index (χ1) is 13.0. The molecule has 1 heterocycles. The third kappa shape index (κ3) is 4.25. The van der Waals surface area contributed by atoms with Gasteiger partial charge in [-0.1, -0.05) is 55.0 Å². The van der Waals surface area contributed by atoms with Crippen LogP contribution in [-0.4, -0.2) is 41.6 Å². The molecule has 0 unspecified atom stereocenters. The van der Waals surface area contributed by atoms with Crippen molar-refractivity contribution >= 4 is 23.3 Å². The van der Waals surface area contributed by atoms with Gasteiger partial charge < -0.3 is 9.80 Å². The van der Waals surface area contributed by atoms with E-state index in [-0.39, 0.29) is 24.9 Å². The van der Waals surface area contributed by atoms with Crippen LogP contribution >= 0.6 is 0 Å². The maximum absolute atomic E-state index is 12.7. The zero-order chi connectivity index (χ0) is 19.4. The summed E-state index contributed by atoms with van der Waals surface area (Å²) in [7, 11) is 0. The second-order valence-electron chi connectivity index (χ2n) is 6.89. The first-order valence-electron chi connectivity index (χ1n) is 9.24. The Morgan fingerprint density at radius 3 is 2.33 bits per heavy atom. The van der Waals surface area contributed by atoms with Gasteiger partial charge in [-0.15, -0.1) is 0 Å². The van der Waals surface area contributed by atoms with Crippen molar-refractivity contribution in [2.45, 2.75) is 32.7 Å². The van der Waals surface area contributed by atoms with Crippen LogP contribution in [0.2, 0.25) is 0 Å². The molecule has 1 aliphatic heterocycles. The molecule has 0 aliphatic carbocycles. The van der Waals surface area contributed by atoms with Gasteiger partial charge in [-0.2, -0.15) is 0 Å². The van der Waals surface area contributed by atoms with E-state index in [9.17, 15) is 14.4 Å². The number of carbonyl (C=O) groups excluding carboxylic acids is 3. The summed E-state index contributed by atoms with van der Waals surface area (Å²) in [5.74, 6) is -1.18. The molecule has 27 heavy (non-hydrogen) atoms. The van der Waals surface area contributed by atoms with Gasteiger partial charge in [0.05, 0.1) is 6.04 Å². The summed E-state index contributed by atoms with van der Waals surface area (Å²) in [4.78, 5) is 40.4. The zero-order valence-corrected chi connectivity index (χ0v) is 15.7. The molecule has 2 aromatic carbocycles. The first kappa shape index (κ1) is 18.8. The van der Waals surface area contributed by atoms with Crippen molar-refractivity contribution in [2.24, 2.45) is 0 Å². The average Bonchev–Trinajstić information content (AvgIpc) is 2.69. The number of rotatable bonds is 5. The Bertz CT molecular complexity index is 830. The number of carbonyl (C=O) groups is 3. The Hall–Kier alpha value is -2.95. The normalized spacial score (nSPS) is 17.1. The van der Waals surface area contributed by atoms with Crippen molar-refractivity contribution in [1.29, 1.82) is 0 Å². The third-order valence-corrected chi connectivity index (χ3v) is 4.92. The Morgan fingerprint density at radius 2 is 1.70 bits per heavy atom. The molecule has 0 N–H and O–H groups in total. The van der Waals surface area contributed by atoms with E-state index in [0.29, 0.717) is 13.0 Å². The van der Waals surface area contributed by atoms with Crippen molar-refractivity contribution < 1.29 is 14.4 Å². The molecule has 0 aromatic heterocycles. The van der Waals surface area contributed by atoms with Crippen LogP contribution in [0.4, 0.5) is 5.69 Å². The average molecular weight is 364 g/mol. The van der Waals surface area contributed by atoms with Crippen LogP contribution < -0.4 is 4.90 Å². The van der Waals surface area contributed by atoms with Crippen molar-refractivity contribution in [1.82, 2.24) is 4.90 Å². The van der Waals surface area contributed by atoms with Crippen LogP contribution in [0.15, 0.2) is 54.6 Å². The Balaban J connectivity index is 1.88. The van der Waals surface area contributed by atoms with E-state index in [2.05, 4.69) is 0 Å². The number of nitrogens with zero attached hydrogens (tertiary/aromatic N) is 2. The standard InChI is InChI=1S/C22H24N2O3/c1-3-20(25)22(27)24-15-21(26)23(18-11-9-16(2)10-12-18)14-19(24)13-17-7-5-4-6-8-17/h4-12,19H,3,13-15H2,1-2H3/t19-/m0/s1. The lowest BCUT2D eigenvalue weighted by molar-refractivity contribution is -0.148. The molecule has 0 radical (unpaired) electrons. The first-order valence-corrected chi connectivity index (χ1v) is 9.24. The molecule has 2 aromatic rings. The smallest absolute Gasteiger partial charge is 0.290 e. The summed E-state index contributed by atoms with van der Waals surface area (Å²) < 4.78 is 0. The molecule has 1 aliphatic rings. The fourth-order valence-corrected chi connectivity index (χ4v) is 3.36. The predicted molar refractivity (Wildman–Crippen MR) is 104 cm³/mol. The lowest BCUT2D eigenvalue weighted by Crippen LogP contribution is -2.60. The minimum Gasteiger partial charge on any atom is -0.322 e. The van der Waals surface area contributed by atoms with Gasteiger partial charge in [0.25, 0.3) is 5.91 Å². The number of Topliss-reactive ketones (excluding diaryl/α,β-unsaturated/α-hetero) is 1. The van der Waals surface area contributed by atoms with Crippen molar-refractivity contribution in [3.05, 3.63) is 65.7 Å². The van der Waals surface area contributed by atoms with E-state index in [1.807, 2.05) is 61.5 Å². The second-order valence-corrected chi connectivity index (χ2v) is 6.89. The van der Waals surface area contributed by atoms with Gasteiger partial charge >= 0.3 is 0 Å². The summed E-state index contributed by atoms with van der Waals surface area (Å²) in [5.41, 5.74) is 3.01. The molecule has 3 rings (SSSR count). The van der Waals surface area contributed by atoms with E-state index in [1.54, 1.807) is 11.8 Å². The van der Waals surface area contributed by atoms with E-state index < -0.39 is 11.7 Å². The number of hydrogen-bond acceptors (Lipinski definition) is 3. The van der Waals surface area contributed by atoms with Gasteiger partial charge in [0.15, 0.2) is 0 Å². The second kappa shape index (κ2) is 8.16.